The van der Waals surface area contributed by atoms with Gasteiger partial charge in [0.25, 0.3) is 0 Å². The lowest BCUT2D eigenvalue weighted by molar-refractivity contribution is 0.908. The van der Waals surface area contributed by atoms with Gasteiger partial charge in [-0.3, -0.25) is 13.7 Å². The molecule has 19 aromatic rings. The first-order valence-electron chi connectivity index (χ1n) is 36.5. The molecular formula is C98H66N10. The van der Waals surface area contributed by atoms with Gasteiger partial charge in [-0.1, -0.05) is 303 Å². The van der Waals surface area contributed by atoms with Gasteiger partial charge in [0.2, 0.25) is 17.8 Å². The summed E-state index contributed by atoms with van der Waals surface area (Å²) in [7, 11) is 0. The third-order valence-electron chi connectivity index (χ3n) is 21.5. The molecule has 0 bridgehead atoms. The van der Waals surface area contributed by atoms with Crippen LogP contribution in [0.2, 0.25) is 0 Å². The van der Waals surface area contributed by atoms with Crippen molar-refractivity contribution in [2.45, 2.75) is 20.8 Å². The van der Waals surface area contributed by atoms with Gasteiger partial charge in [-0.05, 0) is 135 Å². The lowest BCUT2D eigenvalue weighted by atomic mass is 9.94. The summed E-state index contributed by atoms with van der Waals surface area (Å²) in [5, 5.41) is 3.73. The molecule has 3 aliphatic rings. The highest BCUT2D eigenvalue weighted by molar-refractivity contribution is 6.17. The summed E-state index contributed by atoms with van der Waals surface area (Å²) < 4.78 is 6.64. The van der Waals surface area contributed by atoms with Crippen LogP contribution < -0.4 is 0 Å². The van der Waals surface area contributed by atoms with E-state index >= 15 is 0 Å². The Hall–Kier alpha value is -14.4. The van der Waals surface area contributed by atoms with Crippen LogP contribution in [-0.2, 0) is 0 Å². The van der Waals surface area contributed by atoms with E-state index in [2.05, 4.69) is 299 Å². The summed E-state index contributed by atoms with van der Waals surface area (Å²) in [4.78, 5) is 34.5. The Labute approximate surface area is 624 Å². The van der Waals surface area contributed by atoms with Crippen molar-refractivity contribution in [2.75, 3.05) is 0 Å². The highest BCUT2D eigenvalue weighted by Crippen LogP contribution is 2.54. The molecule has 6 heterocycles. The number of hydrogen-bond acceptors (Lipinski definition) is 7. The smallest absolute Gasteiger partial charge is 0.238 e. The summed E-state index contributed by atoms with van der Waals surface area (Å²) in [5.41, 5.74) is 35.1. The lowest BCUT2D eigenvalue weighted by Crippen LogP contribution is -2.07. The van der Waals surface area contributed by atoms with Gasteiger partial charge in [-0.25, -0.2) is 24.9 Å². The summed E-state index contributed by atoms with van der Waals surface area (Å²) in [6.45, 7) is 6.55. The molecule has 108 heavy (non-hydrogen) atoms. The van der Waals surface area contributed by atoms with E-state index in [0.717, 1.165) is 67.3 Å². The molecular weight excluding hydrogens is 1320 g/mol. The molecule has 0 fully saturated rings. The van der Waals surface area contributed by atoms with Gasteiger partial charge in [0, 0.05) is 84.6 Å². The van der Waals surface area contributed by atoms with Crippen molar-refractivity contribution in [3.05, 3.63) is 363 Å². The fourth-order valence-electron chi connectivity index (χ4n) is 16.8. The second-order valence-corrected chi connectivity index (χ2v) is 27.5. The van der Waals surface area contributed by atoms with Crippen LogP contribution in [0, 0.1) is 20.8 Å². The third kappa shape index (κ3) is 10.4. The van der Waals surface area contributed by atoms with E-state index in [9.17, 15) is 0 Å². The van der Waals surface area contributed by atoms with Gasteiger partial charge in [0.15, 0.2) is 11.6 Å². The van der Waals surface area contributed by atoms with Crippen molar-refractivity contribution in [3.63, 3.8) is 0 Å². The van der Waals surface area contributed by atoms with Crippen LogP contribution in [0.4, 0.5) is 0 Å². The number of aromatic nitrogens is 10. The first-order valence-corrected chi connectivity index (χ1v) is 36.5. The zero-order valence-electron chi connectivity index (χ0n) is 59.4. The van der Waals surface area contributed by atoms with E-state index in [1.807, 2.05) is 78.9 Å². The monoisotopic (exact) mass is 1380 g/mol. The maximum atomic E-state index is 5.18. The van der Waals surface area contributed by atoms with Crippen LogP contribution in [0.15, 0.2) is 346 Å². The second-order valence-electron chi connectivity index (χ2n) is 27.5. The second kappa shape index (κ2) is 26.1. The number of nitrogens with zero attached hydrogens (tertiary/aromatic N) is 10. The average molecular weight is 1380 g/mol. The minimum Gasteiger partial charge on any atom is -0.282 e. The predicted octanol–water partition coefficient (Wildman–Crippen LogP) is 24.2. The van der Waals surface area contributed by atoms with Crippen molar-refractivity contribution in [1.29, 1.82) is 0 Å². The molecule has 508 valence electrons. The van der Waals surface area contributed by atoms with E-state index in [1.165, 1.54) is 116 Å². The Morgan fingerprint density at radius 3 is 0.778 bits per heavy atom. The van der Waals surface area contributed by atoms with Crippen molar-refractivity contribution in [1.82, 2.24) is 48.6 Å². The highest BCUT2D eigenvalue weighted by atomic mass is 15.2. The van der Waals surface area contributed by atoms with Crippen LogP contribution in [-0.4, -0.2) is 48.6 Å². The van der Waals surface area contributed by atoms with Crippen molar-refractivity contribution in [3.8, 4) is 163 Å². The number of rotatable bonds is 7. The third-order valence-corrected chi connectivity index (χ3v) is 21.5. The van der Waals surface area contributed by atoms with Crippen LogP contribution in [0.5, 0.6) is 0 Å². The Morgan fingerprint density at radius 1 is 0.204 bits per heavy atom. The molecule has 13 aromatic carbocycles. The Morgan fingerprint density at radius 2 is 0.454 bits per heavy atom. The molecule has 0 amide bonds. The number of fused-ring (bicyclic) bond motifs is 15. The van der Waals surface area contributed by atoms with Crippen molar-refractivity contribution >= 4 is 32.7 Å². The maximum Gasteiger partial charge on any atom is 0.238 e. The quantitative estimate of drug-likeness (QED) is 0.156. The molecule has 0 saturated carbocycles. The molecule has 10 heteroatoms. The first-order chi connectivity index (χ1) is 53.4. The van der Waals surface area contributed by atoms with Crippen molar-refractivity contribution in [2.24, 2.45) is 0 Å². The zero-order chi connectivity index (χ0) is 71.9. The maximum absolute atomic E-state index is 5.18. The molecule has 0 spiro atoms. The van der Waals surface area contributed by atoms with Gasteiger partial charge in [0.1, 0.15) is 0 Å². The normalized spacial score (nSPS) is 11.7. The molecule has 22 rings (SSSR count). The topological polar surface area (TPSA) is 105 Å². The van der Waals surface area contributed by atoms with Gasteiger partial charge in [-0.15, -0.1) is 0 Å². The molecule has 3 aliphatic carbocycles. The molecule has 0 unspecified atom stereocenters. The van der Waals surface area contributed by atoms with E-state index in [0.29, 0.717) is 29.5 Å². The highest BCUT2D eigenvalue weighted by Gasteiger charge is 2.32. The largest absolute Gasteiger partial charge is 0.282 e. The standard InChI is InChI=1S/C37H25N3.C36H24N4.C25H17N3/c1-24-35-30-20-11-10-18-28(30)27-17-8-9-19-29(27)31-21-12-22-34(36(31)35)40(24)37-38-32(25-13-4-2-5-14-25)23-33(39-37)26-15-6-3-7-16-26;1-23-32-29-20-11-10-18-27(29)26-17-8-9-19-28(26)30-21-12-22-31(33(30)32)40(23)36-38-34(24-13-4-2-5-14-24)37-35(39-36)25-15-6-3-7-16-25;1-16-23-20-11-5-4-9-18(20)17-8-2-3-10-19(17)21-12-6-13-22(24(21)23)28(16)25-26-14-7-15-27-25/h2-23H,1H3;2-22H,1H3;2-15H,1H3. The van der Waals surface area contributed by atoms with Crippen LogP contribution in [0.25, 0.3) is 196 Å². The minimum absolute atomic E-state index is 0.616. The van der Waals surface area contributed by atoms with Crippen molar-refractivity contribution < 1.29 is 0 Å². The van der Waals surface area contributed by atoms with Crippen LogP contribution in [0.1, 0.15) is 17.1 Å². The van der Waals surface area contributed by atoms with E-state index in [-0.39, 0.29) is 0 Å². The van der Waals surface area contributed by atoms with Crippen LogP contribution >= 0.6 is 0 Å². The summed E-state index contributed by atoms with van der Waals surface area (Å²) in [5.74, 6) is 3.31. The fraction of sp³-hybridized carbons (Fsp3) is 0.0306. The molecule has 0 N–H and O–H groups in total. The zero-order valence-corrected chi connectivity index (χ0v) is 59.4. The Kier molecular flexibility index (Phi) is 15.3. The van der Waals surface area contributed by atoms with Gasteiger partial charge >= 0.3 is 0 Å². The molecule has 0 saturated heterocycles. The summed E-state index contributed by atoms with van der Waals surface area (Å²) in [6, 6.07) is 117. The molecule has 0 atom stereocenters. The summed E-state index contributed by atoms with van der Waals surface area (Å²) >= 11 is 0. The van der Waals surface area contributed by atoms with E-state index in [1.54, 1.807) is 12.4 Å². The van der Waals surface area contributed by atoms with Gasteiger partial charge in [-0.2, -0.15) is 9.97 Å². The molecule has 6 aromatic heterocycles. The van der Waals surface area contributed by atoms with E-state index in [4.69, 9.17) is 24.9 Å². The summed E-state index contributed by atoms with van der Waals surface area (Å²) in [6.07, 6.45) is 3.60. The number of hydrogen-bond donors (Lipinski definition) is 0. The van der Waals surface area contributed by atoms with Gasteiger partial charge in [0.05, 0.1) is 27.9 Å². The fourth-order valence-corrected chi connectivity index (χ4v) is 16.8. The lowest BCUT2D eigenvalue weighted by Gasteiger charge is -2.14. The molecule has 10 nitrogen and oxygen atoms in total. The molecule has 0 aliphatic heterocycles. The predicted molar refractivity (Wildman–Crippen MR) is 440 cm³/mol. The SMILES string of the molecule is Cc1c2c3c(cccc3n1-c1nc(-c3ccccc3)cc(-c3ccccc3)n1)-c1ccccc1-c1ccccc1-2.Cc1c2c3c(cccc3n1-c1nc(-c3ccccc3)nc(-c3ccccc3)n1)-c1ccccc1-c1ccccc1-2.Cc1c2c3c(cccc3n1-c1ncccn1)-c1ccccc1-c1ccccc1-2. The van der Waals surface area contributed by atoms with E-state index < -0.39 is 0 Å². The molecule has 0 radical (unpaired) electrons. The van der Waals surface area contributed by atoms with Gasteiger partial charge < -0.3 is 0 Å². The Balaban J connectivity index is 0.000000109. The number of benzene rings is 13. The Bertz CT molecular complexity index is 6340. The minimum atomic E-state index is 0.616. The average Bonchev–Trinajstić information content (AvgIpc) is 1.57. The first kappa shape index (κ1) is 63.3. The van der Waals surface area contributed by atoms with Crippen LogP contribution in [0.3, 0.4) is 0 Å².